The molecule has 1 aromatic carbocycles. The average Bonchev–Trinajstić information content (AvgIpc) is 3.10. The van der Waals surface area contributed by atoms with E-state index in [0.717, 1.165) is 0 Å². The van der Waals surface area contributed by atoms with Crippen molar-refractivity contribution in [2.45, 2.75) is 39.2 Å². The highest BCUT2D eigenvalue weighted by molar-refractivity contribution is 5.98. The molecule has 2 aromatic heterocycles. The Hall–Kier alpha value is -3.64. The van der Waals surface area contributed by atoms with Gasteiger partial charge in [0.05, 0.1) is 11.8 Å². The van der Waals surface area contributed by atoms with Crippen LogP contribution in [-0.2, 0) is 4.79 Å². The molecule has 2 N–H and O–H groups in total. The van der Waals surface area contributed by atoms with E-state index in [1.807, 2.05) is 0 Å². The molecule has 0 spiro atoms. The molecule has 0 unspecified atom stereocenters. The second-order valence-electron chi connectivity index (χ2n) is 8.41. The summed E-state index contributed by atoms with van der Waals surface area (Å²) >= 11 is 0. The number of rotatable bonds is 3. The van der Waals surface area contributed by atoms with Gasteiger partial charge in [-0.2, -0.15) is 30.7 Å². The van der Waals surface area contributed by atoms with Crippen LogP contribution < -0.4 is 14.8 Å². The summed E-state index contributed by atoms with van der Waals surface area (Å²) in [6, 6.07) is 8.59. The number of nitrogens with zero attached hydrogens (tertiary/aromatic N) is 1. The fourth-order valence-corrected chi connectivity index (χ4v) is 3.07. The quantitative estimate of drug-likeness (QED) is 0.420. The number of amides is 1. The molecule has 1 amide bonds. The Morgan fingerprint density at radius 1 is 0.971 bits per heavy atom. The van der Waals surface area contributed by atoms with Crippen molar-refractivity contribution in [3.63, 3.8) is 0 Å². The van der Waals surface area contributed by atoms with E-state index in [1.165, 1.54) is 45.0 Å². The summed E-state index contributed by atoms with van der Waals surface area (Å²) in [7, 11) is 0. The SMILES string of the molecule is CC(C)(C)[C@@H](NC(=O)c1[nH]c(-c2ccc(F)cc2)[n+]2ccccc12)C(F)(F)F.O=C([O-])C(F)(F)F. The van der Waals surface area contributed by atoms with Gasteiger partial charge in [0.25, 0.3) is 11.7 Å². The second-order valence-corrected chi connectivity index (χ2v) is 8.41. The largest absolute Gasteiger partial charge is 0.542 e. The van der Waals surface area contributed by atoms with Crippen molar-refractivity contribution >= 4 is 17.4 Å². The van der Waals surface area contributed by atoms with Crippen molar-refractivity contribution in [1.82, 2.24) is 10.3 Å². The Balaban J connectivity index is 0.000000540. The molecule has 0 aliphatic rings. The number of aromatic amines is 1. The monoisotopic (exact) mass is 507 g/mol. The summed E-state index contributed by atoms with van der Waals surface area (Å²) in [5.41, 5.74) is -0.221. The first-order valence-corrected chi connectivity index (χ1v) is 9.87. The summed E-state index contributed by atoms with van der Waals surface area (Å²) in [4.78, 5) is 24.4. The number of nitrogens with one attached hydrogen (secondary N) is 2. The molecule has 0 saturated carbocycles. The van der Waals surface area contributed by atoms with E-state index in [1.54, 1.807) is 28.8 Å². The molecule has 1 atom stereocenters. The van der Waals surface area contributed by atoms with Gasteiger partial charge in [-0.15, -0.1) is 0 Å². The van der Waals surface area contributed by atoms with Crippen molar-refractivity contribution in [1.29, 1.82) is 0 Å². The number of hydrogen-bond acceptors (Lipinski definition) is 3. The Bertz CT molecular complexity index is 1180. The lowest BCUT2D eigenvalue weighted by atomic mass is 9.86. The van der Waals surface area contributed by atoms with Crippen LogP contribution in [0.3, 0.4) is 0 Å². The molecule has 0 fully saturated rings. The van der Waals surface area contributed by atoms with Crippen LogP contribution in [0, 0.1) is 11.2 Å². The topological polar surface area (TPSA) is 89.1 Å². The molecule has 13 heteroatoms. The second kappa shape index (κ2) is 9.92. The number of alkyl halides is 6. The molecule has 0 aliphatic carbocycles. The average molecular weight is 507 g/mol. The van der Waals surface area contributed by atoms with Gasteiger partial charge in [-0.3, -0.25) is 4.79 Å². The van der Waals surface area contributed by atoms with Gasteiger partial charge in [0, 0.05) is 0 Å². The number of fused-ring (bicyclic) bond motifs is 1. The number of carbonyl (C=O) groups excluding carboxylic acids is 2. The minimum Gasteiger partial charge on any atom is -0.542 e. The van der Waals surface area contributed by atoms with E-state index < -0.39 is 41.5 Å². The van der Waals surface area contributed by atoms with E-state index in [2.05, 4.69) is 10.3 Å². The third kappa shape index (κ3) is 6.93. The van der Waals surface area contributed by atoms with Crippen LogP contribution in [0.4, 0.5) is 30.7 Å². The smallest absolute Gasteiger partial charge is 0.430 e. The van der Waals surface area contributed by atoms with Crippen LogP contribution in [0.25, 0.3) is 16.9 Å². The molecule has 3 rings (SSSR count). The van der Waals surface area contributed by atoms with E-state index >= 15 is 0 Å². The highest BCUT2D eigenvalue weighted by atomic mass is 19.4. The fraction of sp³-hybridized carbons (Fsp3) is 0.318. The zero-order valence-electron chi connectivity index (χ0n) is 18.5. The molecule has 6 nitrogen and oxygen atoms in total. The predicted octanol–water partition coefficient (Wildman–Crippen LogP) is 3.56. The van der Waals surface area contributed by atoms with Crippen LogP contribution >= 0.6 is 0 Å². The van der Waals surface area contributed by atoms with Gasteiger partial charge in [0.2, 0.25) is 5.69 Å². The van der Waals surface area contributed by atoms with E-state index in [9.17, 15) is 35.5 Å². The van der Waals surface area contributed by atoms with Crippen LogP contribution in [0.5, 0.6) is 0 Å². The van der Waals surface area contributed by atoms with Crippen LogP contribution in [-0.4, -0.2) is 35.3 Å². The minimum atomic E-state index is -5.19. The van der Waals surface area contributed by atoms with Crippen molar-refractivity contribution in [2.24, 2.45) is 5.41 Å². The highest BCUT2D eigenvalue weighted by Gasteiger charge is 2.48. The molecule has 0 radical (unpaired) electrons. The van der Waals surface area contributed by atoms with Crippen LogP contribution in [0.1, 0.15) is 31.3 Å². The number of benzene rings is 1. The molecule has 3 aromatic rings. The number of aliphatic carboxylic acids is 1. The number of imidazole rings is 1. The number of H-pyrrole nitrogens is 1. The maximum Gasteiger partial charge on any atom is 0.430 e. The lowest BCUT2D eigenvalue weighted by Crippen LogP contribution is -2.53. The first-order chi connectivity index (χ1) is 15.9. The first kappa shape index (κ1) is 27.6. The van der Waals surface area contributed by atoms with Gasteiger partial charge in [-0.1, -0.05) is 26.8 Å². The molecule has 190 valence electrons. The van der Waals surface area contributed by atoms with Gasteiger partial charge in [-0.05, 0) is 41.8 Å². The van der Waals surface area contributed by atoms with Crippen molar-refractivity contribution < 1.29 is 49.8 Å². The van der Waals surface area contributed by atoms with Crippen LogP contribution in [0.15, 0.2) is 48.7 Å². The molecule has 0 bridgehead atoms. The summed E-state index contributed by atoms with van der Waals surface area (Å²) in [5.74, 6) is -3.83. The van der Waals surface area contributed by atoms with Gasteiger partial charge in [-0.25, -0.2) is 9.37 Å². The number of hydrogen-bond donors (Lipinski definition) is 2. The molecule has 35 heavy (non-hydrogen) atoms. The van der Waals surface area contributed by atoms with Gasteiger partial charge in [0.15, 0.2) is 5.52 Å². The summed E-state index contributed by atoms with van der Waals surface area (Å²) in [6.45, 7) is 4.24. The summed E-state index contributed by atoms with van der Waals surface area (Å²) < 4.78 is 86.8. The molecule has 2 heterocycles. The van der Waals surface area contributed by atoms with Crippen molar-refractivity contribution in [2.75, 3.05) is 0 Å². The zero-order chi connectivity index (χ0) is 26.8. The molecular formula is C22H20F7N3O3. The number of carboxylic acids is 1. The summed E-state index contributed by atoms with van der Waals surface area (Å²) in [5, 5.41) is 10.9. The molecule has 0 aliphatic heterocycles. The number of aromatic nitrogens is 2. The lowest BCUT2D eigenvalue weighted by molar-refractivity contribution is -0.498. The maximum absolute atomic E-state index is 13.4. The van der Waals surface area contributed by atoms with Crippen molar-refractivity contribution in [3.8, 4) is 11.4 Å². The standard InChI is InChI=1S/C20H19F4N3O.C2HF3O2/c1-19(2,3)18(20(22,23)24)26-17(28)15-14-6-4-5-11-27(14)16(25-15)12-7-9-13(21)10-8-12;3-2(4,5)1(6)7/h4-11,18H,1-3H3,(H,26,28);(H,6,7)/t18-;/m1./s1. The summed E-state index contributed by atoms with van der Waals surface area (Å²) in [6.07, 6.45) is -8.12. The first-order valence-electron chi connectivity index (χ1n) is 9.87. The van der Waals surface area contributed by atoms with Gasteiger partial charge < -0.3 is 15.2 Å². The Kier molecular flexibility index (Phi) is 7.82. The predicted molar refractivity (Wildman–Crippen MR) is 107 cm³/mol. The highest BCUT2D eigenvalue weighted by Crippen LogP contribution is 2.33. The van der Waals surface area contributed by atoms with Crippen LogP contribution in [0.2, 0.25) is 0 Å². The Labute approximate surface area is 194 Å². The Morgan fingerprint density at radius 2 is 1.51 bits per heavy atom. The third-order valence-electron chi connectivity index (χ3n) is 4.65. The Morgan fingerprint density at radius 3 is 1.97 bits per heavy atom. The number of pyridine rings is 1. The number of carbonyl (C=O) groups is 2. The fourth-order valence-electron chi connectivity index (χ4n) is 3.07. The van der Waals surface area contributed by atoms with E-state index in [-0.39, 0.29) is 5.69 Å². The van der Waals surface area contributed by atoms with Gasteiger partial charge in [0.1, 0.15) is 17.8 Å². The third-order valence-corrected chi connectivity index (χ3v) is 4.65. The maximum atomic E-state index is 13.4. The van der Waals surface area contributed by atoms with Gasteiger partial charge >= 0.3 is 12.4 Å². The van der Waals surface area contributed by atoms with Crippen molar-refractivity contribution in [3.05, 3.63) is 60.2 Å². The minimum absolute atomic E-state index is 0.00146. The van der Waals surface area contributed by atoms with E-state index in [4.69, 9.17) is 9.90 Å². The zero-order valence-corrected chi connectivity index (χ0v) is 18.5. The normalized spacial score (nSPS) is 13.1. The molecular weight excluding hydrogens is 487 g/mol. The molecule has 0 saturated heterocycles. The van der Waals surface area contributed by atoms with E-state index in [0.29, 0.717) is 16.9 Å². The lowest BCUT2D eigenvalue weighted by Gasteiger charge is -2.32. The number of carboxylic acid groups (broad SMARTS) is 1. The number of halogens is 7.